The van der Waals surface area contributed by atoms with Gasteiger partial charge in [0.25, 0.3) is 0 Å². The highest BCUT2D eigenvalue weighted by atomic mass is 32.3. The van der Waals surface area contributed by atoms with Crippen LogP contribution in [0.25, 0.3) is 0 Å². The normalized spacial score (nSPS) is 18.0. The number of nitrogens with zero attached hydrogens (tertiary/aromatic N) is 1. The number of carbonyl (C=O) groups excluding carboxylic acids is 1. The summed E-state index contributed by atoms with van der Waals surface area (Å²) in [5.41, 5.74) is 1.45. The molecule has 1 unspecified atom stereocenters. The van der Waals surface area contributed by atoms with Gasteiger partial charge in [0.05, 0.1) is 5.69 Å². The Bertz CT molecular complexity index is 882. The molecule has 0 aromatic heterocycles. The molecule has 0 N–H and O–H groups in total. The average Bonchev–Trinajstić information content (AvgIpc) is 2.90. The van der Waals surface area contributed by atoms with Gasteiger partial charge in [0.2, 0.25) is 5.91 Å². The van der Waals surface area contributed by atoms with Crippen LogP contribution in [0.15, 0.2) is 48.5 Å². The maximum Gasteiger partial charge on any atom is 0.307 e. The van der Waals surface area contributed by atoms with E-state index in [1.807, 2.05) is 25.1 Å². The van der Waals surface area contributed by atoms with Gasteiger partial charge >= 0.3 is 10.2 Å². The third kappa shape index (κ3) is 3.41. The molecule has 0 spiro atoms. The van der Waals surface area contributed by atoms with Crippen LogP contribution in [0.4, 0.5) is 9.57 Å². The maximum absolute atomic E-state index is 13.2. The summed E-state index contributed by atoms with van der Waals surface area (Å²) in [5, 5.41) is -1.34. The number of hydrogen-bond acceptors (Lipinski definition) is 4. The minimum Gasteiger partial charge on any atom is -0.455 e. The fourth-order valence-corrected chi connectivity index (χ4v) is 3.34. The van der Waals surface area contributed by atoms with Gasteiger partial charge in [-0.1, -0.05) is 24.3 Å². The van der Waals surface area contributed by atoms with Crippen LogP contribution in [0.2, 0.25) is 0 Å². The highest BCUT2D eigenvalue weighted by molar-refractivity contribution is 7.87. The first kappa shape index (κ1) is 16.4. The SMILES string of the molecule is Cc1cccc(Oc2ccccc2N2CC(S(=O)(=O)F)CC2=O)c1. The van der Waals surface area contributed by atoms with Crippen molar-refractivity contribution in [3.8, 4) is 11.5 Å². The smallest absolute Gasteiger partial charge is 0.307 e. The highest BCUT2D eigenvalue weighted by Gasteiger charge is 2.39. The molecule has 0 radical (unpaired) electrons. The Balaban J connectivity index is 1.91. The van der Waals surface area contributed by atoms with Crippen molar-refractivity contribution in [1.29, 1.82) is 0 Å². The average molecular weight is 349 g/mol. The third-order valence-electron chi connectivity index (χ3n) is 3.86. The summed E-state index contributed by atoms with van der Waals surface area (Å²) < 4.78 is 41.2. The van der Waals surface area contributed by atoms with Gasteiger partial charge in [0.1, 0.15) is 11.0 Å². The van der Waals surface area contributed by atoms with Gasteiger partial charge in [-0.25, -0.2) is 0 Å². The molecule has 5 nitrogen and oxygen atoms in total. The minimum atomic E-state index is -4.76. The van der Waals surface area contributed by atoms with Gasteiger partial charge in [0, 0.05) is 13.0 Å². The summed E-state index contributed by atoms with van der Waals surface area (Å²) in [6.07, 6.45) is -0.363. The molecule has 1 saturated heterocycles. The molecule has 24 heavy (non-hydrogen) atoms. The van der Waals surface area contributed by atoms with Crippen LogP contribution >= 0.6 is 0 Å². The molecular formula is C17H16FNO4S. The molecule has 1 aliphatic rings. The number of benzene rings is 2. The van der Waals surface area contributed by atoms with E-state index in [0.717, 1.165) is 5.56 Å². The van der Waals surface area contributed by atoms with E-state index in [1.54, 1.807) is 30.3 Å². The van der Waals surface area contributed by atoms with Gasteiger partial charge in [-0.3, -0.25) is 4.79 Å². The van der Waals surface area contributed by atoms with E-state index in [1.165, 1.54) is 4.90 Å². The summed E-state index contributed by atoms with van der Waals surface area (Å²) >= 11 is 0. The molecule has 3 rings (SSSR count). The fraction of sp³-hybridized carbons (Fsp3) is 0.235. The number of halogens is 1. The maximum atomic E-state index is 13.2. The van der Waals surface area contributed by atoms with Crippen molar-refractivity contribution in [3.63, 3.8) is 0 Å². The van der Waals surface area contributed by atoms with E-state index in [-0.39, 0.29) is 13.0 Å². The Kier molecular flexibility index (Phi) is 4.28. The molecule has 1 fully saturated rings. The third-order valence-corrected chi connectivity index (χ3v) is 4.97. The summed E-state index contributed by atoms with van der Waals surface area (Å²) in [6.45, 7) is 1.71. The number of hydrogen-bond donors (Lipinski definition) is 0. The Morgan fingerprint density at radius 3 is 2.58 bits per heavy atom. The number of rotatable bonds is 4. The van der Waals surface area contributed by atoms with Crippen molar-refractivity contribution < 1.29 is 21.8 Å². The standard InChI is InChI=1S/C17H16FNO4S/c1-12-5-4-6-13(9-12)23-16-8-3-2-7-15(16)19-11-14(10-17(19)20)24(18,21)22/h2-9,14H,10-11H2,1H3. The molecule has 126 valence electrons. The number of carbonyl (C=O) groups is 1. The molecule has 1 aliphatic heterocycles. The quantitative estimate of drug-likeness (QED) is 0.795. The molecule has 2 aromatic carbocycles. The summed E-state index contributed by atoms with van der Waals surface area (Å²) in [7, 11) is -4.76. The van der Waals surface area contributed by atoms with Crippen molar-refractivity contribution in [3.05, 3.63) is 54.1 Å². The summed E-state index contributed by atoms with van der Waals surface area (Å²) in [6, 6.07) is 14.2. The zero-order valence-electron chi connectivity index (χ0n) is 13.0. The molecule has 1 heterocycles. The molecule has 1 amide bonds. The van der Waals surface area contributed by atoms with Crippen LogP contribution in [0.1, 0.15) is 12.0 Å². The second-order valence-corrected chi connectivity index (χ2v) is 7.31. The lowest BCUT2D eigenvalue weighted by Gasteiger charge is -2.20. The first-order valence-electron chi connectivity index (χ1n) is 7.42. The van der Waals surface area contributed by atoms with Crippen molar-refractivity contribution >= 4 is 21.8 Å². The predicted octanol–water partition coefficient (Wildman–Crippen LogP) is 3.19. The van der Waals surface area contributed by atoms with E-state index >= 15 is 0 Å². The van der Waals surface area contributed by atoms with Crippen LogP contribution in [0, 0.1) is 6.92 Å². The van der Waals surface area contributed by atoms with Crippen molar-refractivity contribution in [1.82, 2.24) is 0 Å². The van der Waals surface area contributed by atoms with Gasteiger partial charge in [-0.2, -0.15) is 8.42 Å². The molecule has 7 heteroatoms. The lowest BCUT2D eigenvalue weighted by molar-refractivity contribution is -0.117. The van der Waals surface area contributed by atoms with Gasteiger partial charge < -0.3 is 9.64 Å². The van der Waals surface area contributed by atoms with Crippen LogP contribution in [-0.2, 0) is 15.0 Å². The first-order valence-corrected chi connectivity index (χ1v) is 8.86. The molecule has 1 atom stereocenters. The second kappa shape index (κ2) is 6.24. The van der Waals surface area contributed by atoms with Crippen molar-refractivity contribution in [2.45, 2.75) is 18.6 Å². The molecule has 0 aliphatic carbocycles. The number of amides is 1. The van der Waals surface area contributed by atoms with Crippen LogP contribution in [-0.4, -0.2) is 26.1 Å². The first-order chi connectivity index (χ1) is 11.3. The lowest BCUT2D eigenvalue weighted by atomic mass is 10.2. The summed E-state index contributed by atoms with van der Waals surface area (Å²) in [4.78, 5) is 13.4. The largest absolute Gasteiger partial charge is 0.455 e. The topological polar surface area (TPSA) is 63.7 Å². The number of anilines is 1. The predicted molar refractivity (Wildman–Crippen MR) is 88.5 cm³/mol. The van der Waals surface area contributed by atoms with E-state index < -0.39 is 21.4 Å². The summed E-state index contributed by atoms with van der Waals surface area (Å²) in [5.74, 6) is 0.568. The monoisotopic (exact) mass is 349 g/mol. The van der Waals surface area contributed by atoms with Crippen LogP contribution < -0.4 is 9.64 Å². The van der Waals surface area contributed by atoms with Gasteiger partial charge in [-0.15, -0.1) is 3.89 Å². The number of aryl methyl sites for hydroxylation is 1. The Morgan fingerprint density at radius 1 is 1.17 bits per heavy atom. The molecular weight excluding hydrogens is 333 g/mol. The van der Waals surface area contributed by atoms with E-state index in [4.69, 9.17) is 4.74 Å². The van der Waals surface area contributed by atoms with E-state index in [0.29, 0.717) is 17.2 Å². The zero-order chi connectivity index (χ0) is 17.3. The number of ether oxygens (including phenoxy) is 1. The number of para-hydroxylation sites is 2. The van der Waals surface area contributed by atoms with Crippen LogP contribution in [0.5, 0.6) is 11.5 Å². The molecule has 0 saturated carbocycles. The van der Waals surface area contributed by atoms with Gasteiger partial charge in [-0.05, 0) is 36.8 Å². The van der Waals surface area contributed by atoms with E-state index in [9.17, 15) is 17.1 Å². The van der Waals surface area contributed by atoms with Crippen molar-refractivity contribution in [2.24, 2.45) is 0 Å². The second-order valence-electron chi connectivity index (χ2n) is 5.69. The molecule has 0 bridgehead atoms. The Labute approximate surface area is 139 Å². The minimum absolute atomic E-state index is 0.216. The van der Waals surface area contributed by atoms with E-state index in [2.05, 4.69) is 0 Å². The fourth-order valence-electron chi connectivity index (χ4n) is 2.67. The highest BCUT2D eigenvalue weighted by Crippen LogP contribution is 2.35. The van der Waals surface area contributed by atoms with Crippen LogP contribution in [0.3, 0.4) is 0 Å². The molecule has 2 aromatic rings. The van der Waals surface area contributed by atoms with Crippen molar-refractivity contribution in [2.75, 3.05) is 11.4 Å². The lowest BCUT2D eigenvalue weighted by Crippen LogP contribution is -2.27. The Morgan fingerprint density at radius 2 is 1.92 bits per heavy atom. The van der Waals surface area contributed by atoms with Gasteiger partial charge in [0.15, 0.2) is 5.75 Å². The Hall–Kier alpha value is -2.41. The zero-order valence-corrected chi connectivity index (χ0v) is 13.8.